The maximum absolute atomic E-state index is 14.2. The Morgan fingerprint density at radius 1 is 1.14 bits per heavy atom. The van der Waals surface area contributed by atoms with Crippen molar-refractivity contribution in [2.75, 3.05) is 14.1 Å². The number of carbonyl (C=O) groups is 1. The van der Waals surface area contributed by atoms with Gasteiger partial charge in [-0.3, -0.25) is 9.36 Å². The number of rotatable bonds is 6. The molecule has 0 saturated heterocycles. The van der Waals surface area contributed by atoms with E-state index in [1.165, 1.54) is 28.8 Å². The molecule has 28 heavy (non-hydrogen) atoms. The number of carbonyl (C=O) groups excluding carboxylic acids is 1. The van der Waals surface area contributed by atoms with Gasteiger partial charge in [0.05, 0.1) is 17.8 Å². The van der Waals surface area contributed by atoms with Crippen LogP contribution in [0.3, 0.4) is 0 Å². The molecule has 6 nitrogen and oxygen atoms in total. The van der Waals surface area contributed by atoms with Crippen molar-refractivity contribution in [3.8, 4) is 5.69 Å². The summed E-state index contributed by atoms with van der Waals surface area (Å²) >= 11 is 6.05. The Kier molecular flexibility index (Phi) is 5.83. The van der Waals surface area contributed by atoms with Crippen molar-refractivity contribution in [3.05, 3.63) is 75.8 Å². The van der Waals surface area contributed by atoms with Gasteiger partial charge in [-0.15, -0.1) is 10.2 Å². The van der Waals surface area contributed by atoms with Gasteiger partial charge in [-0.25, -0.2) is 8.78 Å². The molecule has 3 aromatic rings. The molecule has 1 aromatic heterocycles. The molecule has 0 aliphatic carbocycles. The summed E-state index contributed by atoms with van der Waals surface area (Å²) in [6, 6.07) is 7.58. The molecule has 0 aliphatic rings. The third-order valence-electron chi connectivity index (χ3n) is 4.03. The van der Waals surface area contributed by atoms with Crippen molar-refractivity contribution in [2.45, 2.75) is 13.2 Å². The molecule has 0 radical (unpaired) electrons. The lowest BCUT2D eigenvalue weighted by atomic mass is 10.00. The van der Waals surface area contributed by atoms with Gasteiger partial charge in [0.2, 0.25) is 5.78 Å². The molecule has 0 fully saturated rings. The van der Waals surface area contributed by atoms with Gasteiger partial charge in [0, 0.05) is 10.6 Å². The molecular formula is C19H17ClF2N4O2. The molecular weight excluding hydrogens is 390 g/mol. The molecule has 0 unspecified atom stereocenters. The topological polar surface area (TPSA) is 71.2 Å². The zero-order valence-corrected chi connectivity index (χ0v) is 15.9. The molecule has 0 atom stereocenters. The number of aromatic nitrogens is 3. The predicted octanol–water partition coefficient (Wildman–Crippen LogP) is 2.98. The van der Waals surface area contributed by atoms with E-state index in [2.05, 4.69) is 10.2 Å². The highest BCUT2D eigenvalue weighted by atomic mass is 35.5. The van der Waals surface area contributed by atoms with Crippen LogP contribution < -0.4 is 0 Å². The second-order valence-electron chi connectivity index (χ2n) is 6.35. The first-order valence-electron chi connectivity index (χ1n) is 8.31. The third-order valence-corrected chi connectivity index (χ3v) is 4.27. The lowest BCUT2D eigenvalue weighted by Gasteiger charge is -2.16. The van der Waals surface area contributed by atoms with E-state index in [0.717, 1.165) is 12.1 Å². The molecule has 0 saturated carbocycles. The van der Waals surface area contributed by atoms with Gasteiger partial charge in [-0.1, -0.05) is 17.7 Å². The van der Waals surface area contributed by atoms with Crippen LogP contribution >= 0.6 is 11.6 Å². The van der Waals surface area contributed by atoms with Crippen molar-refractivity contribution in [1.82, 2.24) is 19.7 Å². The minimum atomic E-state index is -0.976. The summed E-state index contributed by atoms with van der Waals surface area (Å²) in [6.07, 6.45) is 0. The Hall–Kier alpha value is -2.68. The van der Waals surface area contributed by atoms with Crippen molar-refractivity contribution in [2.24, 2.45) is 0 Å². The molecule has 0 bridgehead atoms. The number of aliphatic hydroxyl groups is 1. The van der Waals surface area contributed by atoms with E-state index in [0.29, 0.717) is 12.4 Å². The number of hydrogen-bond acceptors (Lipinski definition) is 5. The van der Waals surface area contributed by atoms with Crippen LogP contribution in [0.5, 0.6) is 0 Å². The largest absolute Gasteiger partial charge is 0.388 e. The van der Waals surface area contributed by atoms with Crippen molar-refractivity contribution in [3.63, 3.8) is 0 Å². The summed E-state index contributed by atoms with van der Waals surface area (Å²) in [6.45, 7) is -0.0813. The molecule has 1 heterocycles. The van der Waals surface area contributed by atoms with E-state index < -0.39 is 29.6 Å². The van der Waals surface area contributed by atoms with Crippen LogP contribution in [0.4, 0.5) is 8.78 Å². The summed E-state index contributed by atoms with van der Waals surface area (Å²) < 4.78 is 29.9. The Balaban J connectivity index is 2.24. The summed E-state index contributed by atoms with van der Waals surface area (Å²) in [7, 11) is 3.64. The Morgan fingerprint density at radius 3 is 2.39 bits per heavy atom. The van der Waals surface area contributed by atoms with Gasteiger partial charge in [-0.05, 0) is 44.4 Å². The first-order valence-corrected chi connectivity index (χ1v) is 8.68. The van der Waals surface area contributed by atoms with Gasteiger partial charge in [0.25, 0.3) is 0 Å². The maximum atomic E-state index is 14.2. The zero-order valence-electron chi connectivity index (χ0n) is 15.2. The Labute approximate surface area is 165 Å². The van der Waals surface area contributed by atoms with E-state index >= 15 is 0 Å². The minimum absolute atomic E-state index is 0.0361. The highest BCUT2D eigenvalue weighted by Crippen LogP contribution is 2.27. The van der Waals surface area contributed by atoms with E-state index in [4.69, 9.17) is 11.6 Å². The van der Waals surface area contributed by atoms with Crippen LogP contribution in [0, 0.1) is 11.6 Å². The minimum Gasteiger partial charge on any atom is -0.388 e. The van der Waals surface area contributed by atoms with Crippen molar-refractivity contribution < 1.29 is 18.7 Å². The molecule has 1 N–H and O–H groups in total. The zero-order chi connectivity index (χ0) is 20.4. The van der Waals surface area contributed by atoms with E-state index in [1.54, 1.807) is 0 Å². The quantitative estimate of drug-likeness (QED) is 0.637. The van der Waals surface area contributed by atoms with E-state index in [1.807, 2.05) is 19.0 Å². The smallest absolute Gasteiger partial charge is 0.201 e. The summed E-state index contributed by atoms with van der Waals surface area (Å²) in [5.74, 6) is -2.20. The molecule has 3 rings (SSSR count). The fourth-order valence-electron chi connectivity index (χ4n) is 2.85. The SMILES string of the molecule is CN(C)Cc1nnc(CO)n1-c1ccc(Cl)cc1C(=O)c1c(F)cccc1F. The van der Waals surface area contributed by atoms with Crippen LogP contribution in [-0.2, 0) is 13.2 Å². The fraction of sp³-hybridized carbons (Fsp3) is 0.211. The van der Waals surface area contributed by atoms with Gasteiger partial charge in [-0.2, -0.15) is 0 Å². The predicted molar refractivity (Wildman–Crippen MR) is 99.5 cm³/mol. The number of hydrogen-bond donors (Lipinski definition) is 1. The van der Waals surface area contributed by atoms with Crippen LogP contribution in [-0.4, -0.2) is 44.6 Å². The summed E-state index contributed by atoms with van der Waals surface area (Å²) in [5, 5.41) is 17.9. The molecule has 0 spiro atoms. The van der Waals surface area contributed by atoms with Crippen LogP contribution in [0.15, 0.2) is 36.4 Å². The summed E-state index contributed by atoms with van der Waals surface area (Å²) in [4.78, 5) is 14.9. The lowest BCUT2D eigenvalue weighted by Crippen LogP contribution is -2.18. The first kappa shape index (κ1) is 20.1. The number of halogens is 3. The fourth-order valence-corrected chi connectivity index (χ4v) is 3.03. The van der Waals surface area contributed by atoms with Crippen LogP contribution in [0.1, 0.15) is 27.6 Å². The van der Waals surface area contributed by atoms with Crippen LogP contribution in [0.2, 0.25) is 5.02 Å². The highest BCUT2D eigenvalue weighted by molar-refractivity contribution is 6.31. The first-order chi connectivity index (χ1) is 13.3. The maximum Gasteiger partial charge on any atom is 0.201 e. The van der Waals surface area contributed by atoms with Crippen LogP contribution in [0.25, 0.3) is 5.69 Å². The summed E-state index contributed by atoms with van der Waals surface area (Å²) in [5.41, 5.74) is -0.451. The van der Waals surface area contributed by atoms with Crippen molar-refractivity contribution >= 4 is 17.4 Å². The average Bonchev–Trinajstić information content (AvgIpc) is 3.03. The second-order valence-corrected chi connectivity index (χ2v) is 6.79. The van der Waals surface area contributed by atoms with Gasteiger partial charge < -0.3 is 10.0 Å². The molecule has 0 aliphatic heterocycles. The molecule has 0 amide bonds. The number of aliphatic hydroxyl groups excluding tert-OH is 1. The van der Waals surface area contributed by atoms with E-state index in [-0.39, 0.29) is 22.1 Å². The standard InChI is InChI=1S/C19H17ClF2N4O2/c1-25(2)9-16-23-24-17(10-27)26(16)15-7-6-11(20)8-12(15)19(28)18-13(21)4-3-5-14(18)22/h3-8,27H,9-10H2,1-2H3. The number of benzene rings is 2. The molecule has 2 aromatic carbocycles. The molecule has 146 valence electrons. The van der Waals surface area contributed by atoms with Crippen molar-refractivity contribution in [1.29, 1.82) is 0 Å². The average molecular weight is 407 g/mol. The van der Waals surface area contributed by atoms with Gasteiger partial charge >= 0.3 is 0 Å². The Morgan fingerprint density at radius 2 is 1.79 bits per heavy atom. The van der Waals surface area contributed by atoms with Gasteiger partial charge in [0.15, 0.2) is 11.6 Å². The van der Waals surface area contributed by atoms with E-state index in [9.17, 15) is 18.7 Å². The highest BCUT2D eigenvalue weighted by Gasteiger charge is 2.25. The Bertz CT molecular complexity index is 1020. The lowest BCUT2D eigenvalue weighted by molar-refractivity contribution is 0.103. The number of ketones is 1. The number of nitrogens with zero attached hydrogens (tertiary/aromatic N) is 4. The van der Waals surface area contributed by atoms with Gasteiger partial charge in [0.1, 0.15) is 18.2 Å². The second kappa shape index (κ2) is 8.14. The third kappa shape index (κ3) is 3.80. The normalized spacial score (nSPS) is 11.2. The monoisotopic (exact) mass is 406 g/mol. The molecule has 9 heteroatoms.